The number of hydrogen-bond donors (Lipinski definition) is 2. The number of phenols is 1. The summed E-state index contributed by atoms with van der Waals surface area (Å²) in [7, 11) is 3.95. The number of nitrogens with one attached hydrogen (secondary N) is 1. The molecule has 3 aromatic carbocycles. The van der Waals surface area contributed by atoms with Crippen LogP contribution in [0.1, 0.15) is 10.4 Å². The number of para-hydroxylation sites is 1. The van der Waals surface area contributed by atoms with Gasteiger partial charge in [0, 0.05) is 29.4 Å². The number of pyridine rings is 1. The third-order valence-corrected chi connectivity index (χ3v) is 4.96. The van der Waals surface area contributed by atoms with Crippen molar-refractivity contribution in [3.63, 3.8) is 0 Å². The second-order valence-corrected chi connectivity index (χ2v) is 7.31. The van der Waals surface area contributed by atoms with Gasteiger partial charge in [-0.05, 0) is 49.8 Å². The number of hydrogen-bond acceptors (Lipinski definition) is 4. The Balaban J connectivity index is 1.89. The predicted octanol–water partition coefficient (Wildman–Crippen LogP) is 4.05. The zero-order valence-corrected chi connectivity index (χ0v) is 16.5. The number of benzene rings is 3. The van der Waals surface area contributed by atoms with Crippen molar-refractivity contribution in [3.8, 4) is 17.0 Å². The number of likely N-dealkylation sites (N-methyl/N-ethyl adjacent to an activating group) is 1. The number of aromatic hydroxyl groups is 1. The van der Waals surface area contributed by atoms with Crippen LogP contribution in [0.3, 0.4) is 0 Å². The Hall–Kier alpha value is -3.44. The van der Waals surface area contributed by atoms with Crippen LogP contribution in [-0.2, 0) is 0 Å². The lowest BCUT2D eigenvalue weighted by atomic mass is 9.98. The van der Waals surface area contributed by atoms with Crippen LogP contribution in [0.15, 0.2) is 66.7 Å². The normalized spacial score (nSPS) is 11.3. The molecule has 0 saturated carbocycles. The molecule has 29 heavy (non-hydrogen) atoms. The molecule has 5 nitrogen and oxygen atoms in total. The van der Waals surface area contributed by atoms with Gasteiger partial charge in [-0.15, -0.1) is 0 Å². The number of phenolic OH excluding ortho intramolecular Hbond substituents is 1. The van der Waals surface area contributed by atoms with E-state index in [4.69, 9.17) is 4.98 Å². The van der Waals surface area contributed by atoms with Crippen LogP contribution >= 0.6 is 0 Å². The Labute approximate surface area is 169 Å². The number of amides is 1. The second kappa shape index (κ2) is 7.89. The average molecular weight is 385 g/mol. The van der Waals surface area contributed by atoms with Gasteiger partial charge in [0.1, 0.15) is 5.75 Å². The summed E-state index contributed by atoms with van der Waals surface area (Å²) in [5.41, 5.74) is 2.93. The summed E-state index contributed by atoms with van der Waals surface area (Å²) in [5.74, 6) is 0.0803. The van der Waals surface area contributed by atoms with Crippen LogP contribution in [0.25, 0.3) is 32.9 Å². The fourth-order valence-electron chi connectivity index (χ4n) is 3.49. The van der Waals surface area contributed by atoms with Gasteiger partial charge in [0.2, 0.25) is 0 Å². The summed E-state index contributed by atoms with van der Waals surface area (Å²) in [6.07, 6.45) is 0. The number of fused-ring (bicyclic) bond motifs is 3. The predicted molar refractivity (Wildman–Crippen MR) is 117 cm³/mol. The fraction of sp³-hybridized carbons (Fsp3) is 0.167. The summed E-state index contributed by atoms with van der Waals surface area (Å²) in [5, 5.41) is 15.6. The van der Waals surface area contributed by atoms with E-state index < -0.39 is 0 Å². The molecule has 1 amide bonds. The number of carbonyl (C=O) groups is 1. The van der Waals surface area contributed by atoms with E-state index >= 15 is 0 Å². The Morgan fingerprint density at radius 1 is 0.931 bits per heavy atom. The zero-order chi connectivity index (χ0) is 20.4. The van der Waals surface area contributed by atoms with Gasteiger partial charge in [0.05, 0.1) is 16.8 Å². The molecule has 1 heterocycles. The summed E-state index contributed by atoms with van der Waals surface area (Å²) < 4.78 is 0. The average Bonchev–Trinajstić information content (AvgIpc) is 2.73. The van der Waals surface area contributed by atoms with Crippen molar-refractivity contribution in [1.29, 1.82) is 0 Å². The van der Waals surface area contributed by atoms with Gasteiger partial charge in [-0.25, -0.2) is 4.98 Å². The SMILES string of the molecule is CN(C)CCNC(=O)c1cccc2c1nc(-c1ccc(O)cc1)c1ccccc12. The first-order valence-corrected chi connectivity index (χ1v) is 9.58. The van der Waals surface area contributed by atoms with E-state index in [0.29, 0.717) is 17.6 Å². The monoisotopic (exact) mass is 385 g/mol. The molecule has 0 aliphatic carbocycles. The van der Waals surface area contributed by atoms with Crippen molar-refractivity contribution >= 4 is 27.6 Å². The Bertz CT molecular complexity index is 1180. The molecule has 0 saturated heterocycles. The number of rotatable bonds is 5. The Morgan fingerprint density at radius 2 is 1.62 bits per heavy atom. The lowest BCUT2D eigenvalue weighted by Gasteiger charge is -2.14. The smallest absolute Gasteiger partial charge is 0.253 e. The van der Waals surface area contributed by atoms with Gasteiger partial charge in [-0.1, -0.05) is 36.4 Å². The first kappa shape index (κ1) is 18.9. The molecule has 5 heteroatoms. The van der Waals surface area contributed by atoms with Crippen molar-refractivity contribution in [2.24, 2.45) is 0 Å². The Kier molecular flexibility index (Phi) is 5.14. The molecule has 0 radical (unpaired) electrons. The van der Waals surface area contributed by atoms with Gasteiger partial charge in [0.15, 0.2) is 0 Å². The van der Waals surface area contributed by atoms with Crippen molar-refractivity contribution in [1.82, 2.24) is 15.2 Å². The highest BCUT2D eigenvalue weighted by Gasteiger charge is 2.16. The lowest BCUT2D eigenvalue weighted by Crippen LogP contribution is -2.31. The van der Waals surface area contributed by atoms with E-state index in [1.54, 1.807) is 12.1 Å². The lowest BCUT2D eigenvalue weighted by molar-refractivity contribution is 0.0952. The second-order valence-electron chi connectivity index (χ2n) is 7.31. The molecule has 0 spiro atoms. The molecule has 0 unspecified atom stereocenters. The van der Waals surface area contributed by atoms with Crippen LogP contribution in [-0.4, -0.2) is 48.1 Å². The van der Waals surface area contributed by atoms with Gasteiger partial charge in [0.25, 0.3) is 5.91 Å². The van der Waals surface area contributed by atoms with Crippen molar-refractivity contribution in [2.45, 2.75) is 0 Å². The van der Waals surface area contributed by atoms with E-state index in [-0.39, 0.29) is 11.7 Å². The summed E-state index contributed by atoms with van der Waals surface area (Å²) >= 11 is 0. The standard InChI is InChI=1S/C24H23N3O2/c1-27(2)15-14-25-24(29)21-9-5-8-20-18-6-3-4-7-19(18)22(26-23(20)21)16-10-12-17(28)13-11-16/h3-13,28H,14-15H2,1-2H3,(H,25,29). The van der Waals surface area contributed by atoms with Crippen LogP contribution in [0.2, 0.25) is 0 Å². The van der Waals surface area contributed by atoms with Crippen molar-refractivity contribution < 1.29 is 9.90 Å². The highest BCUT2D eigenvalue weighted by atomic mass is 16.3. The molecular formula is C24H23N3O2. The molecular weight excluding hydrogens is 362 g/mol. The first-order chi connectivity index (χ1) is 14.0. The third kappa shape index (κ3) is 3.77. The largest absolute Gasteiger partial charge is 0.508 e. The van der Waals surface area contributed by atoms with Gasteiger partial charge >= 0.3 is 0 Å². The van der Waals surface area contributed by atoms with E-state index in [0.717, 1.165) is 34.0 Å². The summed E-state index contributed by atoms with van der Waals surface area (Å²) in [6, 6.07) is 20.8. The van der Waals surface area contributed by atoms with Gasteiger partial charge < -0.3 is 15.3 Å². The molecule has 0 aliphatic heterocycles. The minimum absolute atomic E-state index is 0.128. The minimum Gasteiger partial charge on any atom is -0.508 e. The molecule has 4 aromatic rings. The molecule has 0 atom stereocenters. The molecule has 2 N–H and O–H groups in total. The maximum absolute atomic E-state index is 12.9. The maximum Gasteiger partial charge on any atom is 0.253 e. The minimum atomic E-state index is -0.128. The highest BCUT2D eigenvalue weighted by Crippen LogP contribution is 2.34. The van der Waals surface area contributed by atoms with Crippen LogP contribution < -0.4 is 5.32 Å². The topological polar surface area (TPSA) is 65.5 Å². The molecule has 146 valence electrons. The van der Waals surface area contributed by atoms with E-state index in [1.165, 1.54) is 0 Å². The number of aromatic nitrogens is 1. The van der Waals surface area contributed by atoms with Crippen molar-refractivity contribution in [2.75, 3.05) is 27.2 Å². The van der Waals surface area contributed by atoms with Crippen LogP contribution in [0.5, 0.6) is 5.75 Å². The summed E-state index contributed by atoms with van der Waals surface area (Å²) in [6.45, 7) is 1.34. The molecule has 0 aliphatic rings. The molecule has 4 rings (SSSR count). The Morgan fingerprint density at radius 3 is 2.34 bits per heavy atom. The number of nitrogens with zero attached hydrogens (tertiary/aromatic N) is 2. The maximum atomic E-state index is 12.9. The summed E-state index contributed by atoms with van der Waals surface area (Å²) in [4.78, 5) is 19.8. The van der Waals surface area contributed by atoms with Gasteiger partial charge in [-0.3, -0.25) is 4.79 Å². The molecule has 0 fully saturated rings. The van der Waals surface area contributed by atoms with E-state index in [9.17, 15) is 9.90 Å². The fourth-order valence-corrected chi connectivity index (χ4v) is 3.49. The van der Waals surface area contributed by atoms with Crippen molar-refractivity contribution in [3.05, 3.63) is 72.3 Å². The van der Waals surface area contributed by atoms with Crippen LogP contribution in [0.4, 0.5) is 0 Å². The highest BCUT2D eigenvalue weighted by molar-refractivity contribution is 6.16. The van der Waals surface area contributed by atoms with E-state index in [1.807, 2.05) is 67.5 Å². The first-order valence-electron chi connectivity index (χ1n) is 9.58. The third-order valence-electron chi connectivity index (χ3n) is 4.96. The van der Waals surface area contributed by atoms with Crippen LogP contribution in [0, 0.1) is 0 Å². The molecule has 1 aromatic heterocycles. The quantitative estimate of drug-likeness (QED) is 0.509. The zero-order valence-electron chi connectivity index (χ0n) is 16.5. The number of carbonyl (C=O) groups excluding carboxylic acids is 1. The van der Waals surface area contributed by atoms with Gasteiger partial charge in [-0.2, -0.15) is 0 Å². The molecule has 0 bridgehead atoms. The van der Waals surface area contributed by atoms with E-state index in [2.05, 4.69) is 11.4 Å².